The normalized spacial score (nSPS) is 12.1. The second kappa shape index (κ2) is 28.3. The topological polar surface area (TPSA) is 114 Å². The van der Waals surface area contributed by atoms with Gasteiger partial charge < -0.3 is 13.4 Å². The largest absolute Gasteiger partial charge is 0.309 e. The number of para-hydroxylation sites is 6. The maximum atomic E-state index is 5.33. The van der Waals surface area contributed by atoms with Gasteiger partial charge in [-0.15, -0.1) is 0 Å². The lowest BCUT2D eigenvalue weighted by Crippen LogP contribution is -2.03. The Labute approximate surface area is 747 Å². The van der Waals surface area contributed by atoms with E-state index in [4.69, 9.17) is 34.9 Å². The van der Waals surface area contributed by atoms with Crippen LogP contribution in [0.1, 0.15) is 0 Å². The maximum absolute atomic E-state index is 5.33. The predicted octanol–water partition coefficient (Wildman–Crippen LogP) is 29.9. The first-order chi connectivity index (χ1) is 65.0. The molecule has 131 heavy (non-hydrogen) atoms. The van der Waals surface area contributed by atoms with Crippen molar-refractivity contribution in [3.63, 3.8) is 0 Å². The summed E-state index contributed by atoms with van der Waals surface area (Å²) < 4.78 is 12.0. The fourth-order valence-electron chi connectivity index (χ4n) is 21.7. The molecule has 30 rings (SSSR count). The van der Waals surface area contributed by atoms with Crippen LogP contribution in [0.3, 0.4) is 0 Å². The third-order valence-electron chi connectivity index (χ3n) is 27.1. The Morgan fingerprint density at radius 2 is 0.588 bits per heavy atom. The second-order valence-corrected chi connectivity index (χ2v) is 34.1. The monoisotopic (exact) mass is 1670 g/mol. The van der Waals surface area contributed by atoms with Gasteiger partial charge >= 0.3 is 0 Å². The second-order valence-electron chi connectivity index (χ2n) is 34.1. The van der Waals surface area contributed by atoms with Crippen LogP contribution < -0.4 is 0 Å². The molecular formula is C119H70N12. The summed E-state index contributed by atoms with van der Waals surface area (Å²) in [6.45, 7) is 0. The van der Waals surface area contributed by atoms with Gasteiger partial charge in [-0.1, -0.05) is 315 Å². The highest BCUT2D eigenvalue weighted by Gasteiger charge is 2.30. The molecule has 606 valence electrons. The first-order valence-corrected chi connectivity index (χ1v) is 44.4. The van der Waals surface area contributed by atoms with E-state index in [1.54, 1.807) is 0 Å². The third kappa shape index (κ3) is 10.7. The lowest BCUT2D eigenvalue weighted by atomic mass is 9.93. The van der Waals surface area contributed by atoms with E-state index >= 15 is 0 Å². The molecule has 0 unspecified atom stereocenters. The van der Waals surface area contributed by atoms with Crippen molar-refractivity contribution in [1.82, 2.24) is 57.4 Å². The molecule has 0 saturated carbocycles. The van der Waals surface area contributed by atoms with Crippen molar-refractivity contribution >= 4 is 174 Å². The minimum absolute atomic E-state index is 0.638. The first-order valence-electron chi connectivity index (χ1n) is 44.4. The molecule has 11 heterocycles. The van der Waals surface area contributed by atoms with Gasteiger partial charge in [-0.2, -0.15) is 0 Å². The Morgan fingerprint density at radius 3 is 1.17 bits per heavy atom. The zero-order chi connectivity index (χ0) is 85.6. The molecule has 1 aliphatic carbocycles. The summed E-state index contributed by atoms with van der Waals surface area (Å²) >= 11 is 0. The summed E-state index contributed by atoms with van der Waals surface area (Å²) in [6.07, 6.45) is 1.86. The van der Waals surface area contributed by atoms with E-state index in [0.717, 1.165) is 101 Å². The van der Waals surface area contributed by atoms with Crippen LogP contribution in [0.15, 0.2) is 425 Å². The van der Waals surface area contributed by atoms with Crippen LogP contribution >= 0.6 is 0 Å². The van der Waals surface area contributed by atoms with Crippen molar-refractivity contribution in [1.29, 1.82) is 0 Å². The van der Waals surface area contributed by atoms with Crippen LogP contribution in [0.25, 0.3) is 271 Å². The number of nitrogens with zero attached hydrogens (tertiary/aromatic N) is 12. The van der Waals surface area contributed by atoms with Gasteiger partial charge in [0.1, 0.15) is 11.5 Å². The fraction of sp³-hybridized carbons (Fsp3) is 0. The summed E-state index contributed by atoms with van der Waals surface area (Å²) in [6, 6.07) is 148. The van der Waals surface area contributed by atoms with Crippen molar-refractivity contribution in [2.75, 3.05) is 0 Å². The van der Waals surface area contributed by atoms with Gasteiger partial charge in [-0.25, -0.2) is 29.9 Å². The molecule has 29 aromatic rings. The van der Waals surface area contributed by atoms with Crippen LogP contribution in [-0.4, -0.2) is 57.4 Å². The maximum Gasteiger partial charge on any atom is 0.165 e. The molecule has 0 saturated heterocycles. The van der Waals surface area contributed by atoms with Gasteiger partial charge in [0, 0.05) is 116 Å². The number of fused-ring (bicyclic) bond motifs is 17. The molecule has 12 heteroatoms. The van der Waals surface area contributed by atoms with Crippen LogP contribution in [0.5, 0.6) is 0 Å². The molecule has 0 N–H and O–H groups in total. The Balaban J connectivity index is 0.0000000994. The lowest BCUT2D eigenvalue weighted by molar-refractivity contribution is 1.07. The van der Waals surface area contributed by atoms with E-state index in [-0.39, 0.29) is 0 Å². The van der Waals surface area contributed by atoms with E-state index in [2.05, 4.69) is 344 Å². The minimum atomic E-state index is 0.638. The highest BCUT2D eigenvalue weighted by molar-refractivity contribution is 6.36. The standard InChI is InChI=1S/C45H27N5.C38H22N4.C36H21N3/c1-3-13-28(14-4-1)43-46-44(29-15-5-2-6-16-29)48-45(47-43)30-17-11-18-31(27-30)49-38-24-12-21-34-32-19-7-9-22-36(32)50-37-23-10-8-20-33(37)35-25-26-39(49)41(40(34)38)42(35)50;1-2-11-23(12-3-1)36-38(40-29-17-7-6-16-28(29)39-36)42-32-20-10-15-26-24-13-4-8-18-30(24)41-31-19-9-5-14-25(31)27-21-22-33(42)35(34(26)32)37(27)41;1-2-9-23(10-3-1)36-28-16-8-20-37-29(28)21-32(38-36)39-30-17-7-15-27-25-13-5-4-12-24(25)26-14-6-11-22-18-19-31(39)35(33(22)26)34(27)30/h1-27H;1-22H;1-21H. The molecule has 1 aliphatic rings. The molecule has 0 atom stereocenters. The van der Waals surface area contributed by atoms with Crippen LogP contribution in [-0.2, 0) is 0 Å². The highest BCUT2D eigenvalue weighted by Crippen LogP contribution is 2.53. The van der Waals surface area contributed by atoms with Gasteiger partial charge in [0.25, 0.3) is 0 Å². The first kappa shape index (κ1) is 72.4. The van der Waals surface area contributed by atoms with Gasteiger partial charge in [-0.05, 0) is 141 Å². The SMILES string of the molecule is c1ccc(-c2nc(-c3ccccc3)nc(-c3cccc(-n4c5cccc6c7ccccc7n7c8ccccc8c8ccc4c(c65)c87)c3)n2)cc1.c1ccc(-c2nc(-n3c4cccc5c4c4c6c(cccc6ccc43)-c3ccccc3-5)cc3ncccc23)cc1.c1ccc(-c2nc3ccccc3nc2-n2c3cccc4c5ccccc5n5c6ccccc6c6ccc2c(c43)c65)cc1. The molecule has 0 bridgehead atoms. The number of hydrogen-bond acceptors (Lipinski definition) is 7. The molecule has 0 radical (unpaired) electrons. The summed E-state index contributed by atoms with van der Waals surface area (Å²) in [5.41, 5.74) is 29.9. The van der Waals surface area contributed by atoms with Gasteiger partial charge in [0.2, 0.25) is 0 Å². The van der Waals surface area contributed by atoms with E-state index in [9.17, 15) is 0 Å². The van der Waals surface area contributed by atoms with Gasteiger partial charge in [0.15, 0.2) is 23.3 Å². The van der Waals surface area contributed by atoms with E-state index in [1.807, 2.05) is 103 Å². The molecule has 0 amide bonds. The molecule has 0 aliphatic heterocycles. The summed E-state index contributed by atoms with van der Waals surface area (Å²) in [7, 11) is 0. The molecule has 12 nitrogen and oxygen atoms in total. The van der Waals surface area contributed by atoms with Crippen molar-refractivity contribution in [2.45, 2.75) is 0 Å². The average molecular weight is 1670 g/mol. The van der Waals surface area contributed by atoms with Crippen LogP contribution in [0.2, 0.25) is 0 Å². The van der Waals surface area contributed by atoms with Gasteiger partial charge in [-0.3, -0.25) is 14.1 Å². The minimum Gasteiger partial charge on any atom is -0.309 e. The smallest absolute Gasteiger partial charge is 0.165 e. The molecule has 18 aromatic carbocycles. The van der Waals surface area contributed by atoms with Crippen molar-refractivity contribution < 1.29 is 0 Å². The zero-order valence-corrected chi connectivity index (χ0v) is 70.3. The van der Waals surface area contributed by atoms with E-state index in [0.29, 0.717) is 17.5 Å². The summed E-state index contributed by atoms with van der Waals surface area (Å²) in [5, 5.41) is 21.2. The van der Waals surface area contributed by atoms with Crippen molar-refractivity contribution in [2.24, 2.45) is 0 Å². The fourth-order valence-corrected chi connectivity index (χ4v) is 21.7. The molecule has 0 fully saturated rings. The quantitative estimate of drug-likeness (QED) is 0.149. The Morgan fingerprint density at radius 1 is 0.191 bits per heavy atom. The average Bonchev–Trinajstić information content (AvgIpc) is 1.53. The number of hydrogen-bond donors (Lipinski definition) is 0. The van der Waals surface area contributed by atoms with E-state index in [1.165, 1.54) is 153 Å². The Hall–Kier alpha value is -17.9. The molecular weight excluding hydrogens is 1600 g/mol. The Kier molecular flexibility index (Phi) is 15.7. The van der Waals surface area contributed by atoms with Crippen molar-refractivity contribution in [3.05, 3.63) is 425 Å². The van der Waals surface area contributed by atoms with Crippen LogP contribution in [0.4, 0.5) is 0 Å². The number of rotatable bonds is 8. The summed E-state index contributed by atoms with van der Waals surface area (Å²) in [5.74, 6) is 3.66. The van der Waals surface area contributed by atoms with Gasteiger partial charge in [0.05, 0.1) is 88.4 Å². The number of pyridine rings is 2. The lowest BCUT2D eigenvalue weighted by Gasteiger charge is -2.14. The summed E-state index contributed by atoms with van der Waals surface area (Å²) in [4.78, 5) is 35.6. The molecule has 11 aromatic heterocycles. The Bertz CT molecular complexity index is 9760. The number of aromatic nitrogens is 12. The van der Waals surface area contributed by atoms with E-state index < -0.39 is 0 Å². The molecule has 0 spiro atoms. The number of benzene rings is 18. The zero-order valence-electron chi connectivity index (χ0n) is 70.3. The third-order valence-corrected chi connectivity index (χ3v) is 27.1. The predicted molar refractivity (Wildman–Crippen MR) is 540 cm³/mol. The van der Waals surface area contributed by atoms with Crippen molar-refractivity contribution in [3.8, 4) is 96.3 Å². The van der Waals surface area contributed by atoms with Crippen LogP contribution in [0, 0.1) is 0 Å². The highest BCUT2D eigenvalue weighted by atomic mass is 15.1.